The fourth-order valence-corrected chi connectivity index (χ4v) is 2.93. The Morgan fingerprint density at radius 1 is 1.21 bits per heavy atom. The van der Waals surface area contributed by atoms with E-state index in [0.29, 0.717) is 0 Å². The van der Waals surface area contributed by atoms with Crippen molar-refractivity contribution in [3.05, 3.63) is 68.7 Å². The molecule has 0 fully saturated rings. The lowest BCUT2D eigenvalue weighted by atomic mass is 10.2. The predicted octanol–water partition coefficient (Wildman–Crippen LogP) is 3.21. The van der Waals surface area contributed by atoms with Crippen LogP contribution in [-0.2, 0) is 10.0 Å². The number of sulfonamides is 1. The molecule has 24 heavy (non-hydrogen) atoms. The van der Waals surface area contributed by atoms with Gasteiger partial charge in [-0.1, -0.05) is 29.3 Å². The van der Waals surface area contributed by atoms with Gasteiger partial charge in [-0.2, -0.15) is 17.9 Å². The lowest BCUT2D eigenvalue weighted by Gasteiger charge is -2.13. The van der Waals surface area contributed by atoms with E-state index >= 15 is 0 Å². The fraction of sp³-hybridized carbons (Fsp3) is 0.133. The van der Waals surface area contributed by atoms with E-state index in [1.165, 1.54) is 43.6 Å². The molecule has 0 spiro atoms. The summed E-state index contributed by atoms with van der Waals surface area (Å²) in [6.45, 7) is 1.85. The predicted molar refractivity (Wildman–Crippen MR) is 91.8 cm³/mol. The molecule has 0 aliphatic heterocycles. The second kappa shape index (κ2) is 6.98. The maximum atomic E-state index is 12.4. The molecule has 0 saturated heterocycles. The third-order valence-electron chi connectivity index (χ3n) is 3.22. The molecular weight excluding hydrogens is 354 g/mol. The second-order valence-electron chi connectivity index (χ2n) is 4.96. The van der Waals surface area contributed by atoms with Crippen molar-refractivity contribution in [2.24, 2.45) is 5.10 Å². The Morgan fingerprint density at radius 3 is 2.42 bits per heavy atom. The third kappa shape index (κ3) is 3.90. The van der Waals surface area contributed by atoms with E-state index in [0.717, 1.165) is 9.98 Å². The topological polar surface area (TPSA) is 92.9 Å². The molecule has 126 valence electrons. The molecule has 2 aromatic carbocycles. The fourth-order valence-electron chi connectivity index (χ4n) is 1.81. The van der Waals surface area contributed by atoms with Crippen LogP contribution in [0.3, 0.4) is 0 Å². The number of rotatable bonds is 5. The molecule has 0 aliphatic carbocycles. The largest absolute Gasteiger partial charge is 0.278 e. The Bertz CT molecular complexity index is 895. The minimum atomic E-state index is -3.81. The molecule has 0 bridgehead atoms. The zero-order chi connectivity index (χ0) is 17.9. The summed E-state index contributed by atoms with van der Waals surface area (Å²) in [5, 5.41) is 14.9. The molecule has 0 aromatic heterocycles. The second-order valence-corrected chi connectivity index (χ2v) is 7.32. The maximum Gasteiger partial charge on any atom is 0.278 e. The van der Waals surface area contributed by atoms with Crippen LogP contribution in [0.1, 0.15) is 11.1 Å². The van der Waals surface area contributed by atoms with E-state index in [4.69, 9.17) is 11.6 Å². The molecule has 0 unspecified atom stereocenters. The van der Waals surface area contributed by atoms with Gasteiger partial charge in [-0.3, -0.25) is 10.1 Å². The monoisotopic (exact) mass is 367 g/mol. The molecule has 2 rings (SSSR count). The molecule has 0 aliphatic rings. The van der Waals surface area contributed by atoms with Crippen molar-refractivity contribution >= 4 is 33.5 Å². The highest BCUT2D eigenvalue weighted by molar-refractivity contribution is 7.89. The van der Waals surface area contributed by atoms with Crippen LogP contribution in [-0.4, -0.2) is 31.0 Å². The van der Waals surface area contributed by atoms with Crippen molar-refractivity contribution in [1.82, 2.24) is 4.41 Å². The first-order valence-corrected chi connectivity index (χ1v) is 8.57. The molecule has 2 aromatic rings. The molecule has 9 heteroatoms. The van der Waals surface area contributed by atoms with Crippen LogP contribution in [0.4, 0.5) is 5.69 Å². The van der Waals surface area contributed by atoms with Gasteiger partial charge >= 0.3 is 0 Å². The molecule has 0 amide bonds. The third-order valence-corrected chi connectivity index (χ3v) is 5.22. The van der Waals surface area contributed by atoms with Gasteiger partial charge in [0.1, 0.15) is 0 Å². The number of nitro benzene ring substituents is 1. The molecule has 0 N–H and O–H groups in total. The van der Waals surface area contributed by atoms with Crippen molar-refractivity contribution in [2.75, 3.05) is 7.05 Å². The highest BCUT2D eigenvalue weighted by Gasteiger charge is 2.19. The minimum Gasteiger partial charge on any atom is -0.258 e. The summed E-state index contributed by atoms with van der Waals surface area (Å²) in [7, 11) is -2.53. The van der Waals surface area contributed by atoms with Crippen molar-refractivity contribution < 1.29 is 13.3 Å². The Balaban J connectivity index is 2.30. The van der Waals surface area contributed by atoms with Crippen LogP contribution in [0.5, 0.6) is 0 Å². The van der Waals surface area contributed by atoms with E-state index in [2.05, 4.69) is 5.10 Å². The van der Waals surface area contributed by atoms with E-state index in [1.807, 2.05) is 6.92 Å². The highest BCUT2D eigenvalue weighted by atomic mass is 35.5. The minimum absolute atomic E-state index is 0.0953. The van der Waals surface area contributed by atoms with E-state index in [1.54, 1.807) is 12.1 Å². The zero-order valence-corrected chi connectivity index (χ0v) is 14.5. The van der Waals surface area contributed by atoms with Crippen LogP contribution in [0.15, 0.2) is 52.5 Å². The summed E-state index contributed by atoms with van der Waals surface area (Å²) >= 11 is 5.95. The molecule has 0 atom stereocenters. The first kappa shape index (κ1) is 17.9. The SMILES string of the molecule is Cc1ccc(S(=O)(=O)N(C)N=Cc2cc([N+](=O)[O-])ccc2Cl)cc1. The van der Waals surface area contributed by atoms with Gasteiger partial charge in [-0.25, -0.2) is 0 Å². The lowest BCUT2D eigenvalue weighted by molar-refractivity contribution is -0.384. The van der Waals surface area contributed by atoms with Crippen LogP contribution in [0.2, 0.25) is 5.02 Å². The summed E-state index contributed by atoms with van der Waals surface area (Å²) < 4.78 is 25.6. The number of nitrogens with zero attached hydrogens (tertiary/aromatic N) is 3. The zero-order valence-electron chi connectivity index (χ0n) is 12.9. The van der Waals surface area contributed by atoms with E-state index in [-0.39, 0.29) is 21.2 Å². The number of aryl methyl sites for hydroxylation is 1. The Hall–Kier alpha value is -2.45. The average molecular weight is 368 g/mol. The number of hydrazone groups is 1. The Labute approximate surface area is 144 Å². The molecule has 7 nitrogen and oxygen atoms in total. The summed E-state index contributed by atoms with van der Waals surface area (Å²) in [4.78, 5) is 10.3. The van der Waals surface area contributed by atoms with Gasteiger partial charge in [0.2, 0.25) is 0 Å². The molecular formula is C15H14ClN3O4S. The summed E-state index contributed by atoms with van der Waals surface area (Å²) in [6, 6.07) is 10.2. The van der Waals surface area contributed by atoms with Crippen LogP contribution in [0, 0.1) is 17.0 Å². The van der Waals surface area contributed by atoms with Gasteiger partial charge in [-0.15, -0.1) is 0 Å². The number of hydrogen-bond donors (Lipinski definition) is 0. The molecule has 0 saturated carbocycles. The maximum absolute atomic E-state index is 12.4. The number of hydrogen-bond acceptors (Lipinski definition) is 5. The Kier molecular flexibility index (Phi) is 5.20. The number of non-ortho nitro benzene ring substituents is 1. The van der Waals surface area contributed by atoms with E-state index < -0.39 is 14.9 Å². The summed E-state index contributed by atoms with van der Waals surface area (Å²) in [5.41, 5.74) is 1.02. The van der Waals surface area contributed by atoms with Crippen LogP contribution in [0.25, 0.3) is 0 Å². The van der Waals surface area contributed by atoms with Crippen LogP contribution < -0.4 is 0 Å². The van der Waals surface area contributed by atoms with Crippen molar-refractivity contribution in [1.29, 1.82) is 0 Å². The number of nitro groups is 1. The number of benzene rings is 2. The summed E-state index contributed by atoms with van der Waals surface area (Å²) in [6.07, 6.45) is 1.17. The molecule has 0 heterocycles. The van der Waals surface area contributed by atoms with E-state index in [9.17, 15) is 18.5 Å². The van der Waals surface area contributed by atoms with Crippen molar-refractivity contribution in [2.45, 2.75) is 11.8 Å². The van der Waals surface area contributed by atoms with Gasteiger partial charge < -0.3 is 0 Å². The highest BCUT2D eigenvalue weighted by Crippen LogP contribution is 2.21. The van der Waals surface area contributed by atoms with Gasteiger partial charge in [0, 0.05) is 29.8 Å². The van der Waals surface area contributed by atoms with Gasteiger partial charge in [0.15, 0.2) is 0 Å². The quantitative estimate of drug-likeness (QED) is 0.460. The van der Waals surface area contributed by atoms with Crippen molar-refractivity contribution in [3.8, 4) is 0 Å². The molecule has 0 radical (unpaired) electrons. The number of halogens is 1. The summed E-state index contributed by atoms with van der Waals surface area (Å²) in [5.74, 6) is 0. The van der Waals surface area contributed by atoms with Crippen molar-refractivity contribution in [3.63, 3.8) is 0 Å². The normalized spacial score (nSPS) is 11.6. The smallest absolute Gasteiger partial charge is 0.258 e. The van der Waals surface area contributed by atoms with Gasteiger partial charge in [0.05, 0.1) is 16.0 Å². The standard InChI is InChI=1S/C15H14ClN3O4S/c1-11-3-6-14(7-4-11)24(22,23)18(2)17-10-12-9-13(19(20)21)5-8-15(12)16/h3-10H,1-2H3. The van der Waals surface area contributed by atoms with Crippen LogP contribution >= 0.6 is 11.6 Å². The van der Waals surface area contributed by atoms with Gasteiger partial charge in [-0.05, 0) is 25.1 Å². The first-order valence-electron chi connectivity index (χ1n) is 6.75. The lowest BCUT2D eigenvalue weighted by Crippen LogP contribution is -2.21. The first-order chi connectivity index (χ1) is 11.2. The average Bonchev–Trinajstić information content (AvgIpc) is 2.53. The Morgan fingerprint density at radius 2 is 1.83 bits per heavy atom. The van der Waals surface area contributed by atoms with Gasteiger partial charge in [0.25, 0.3) is 15.7 Å².